The standard InChI is InChI=1S/C14H16F3NO3S/c1-11(2)22(19,20)18-8-3-4-9-21-13-7-5-6-12(10-13)14(15,16)17/h5-7,10-11,18H,8-9H2,1-2H3. The number of hydrogen-bond acceptors (Lipinski definition) is 3. The number of halogens is 3. The van der Waals surface area contributed by atoms with Gasteiger partial charge >= 0.3 is 6.18 Å². The first kappa shape index (κ1) is 18.3. The molecule has 0 spiro atoms. The smallest absolute Gasteiger partial charge is 0.416 e. The van der Waals surface area contributed by atoms with Gasteiger partial charge in [-0.1, -0.05) is 17.9 Å². The van der Waals surface area contributed by atoms with Crippen LogP contribution >= 0.6 is 0 Å². The highest BCUT2D eigenvalue weighted by atomic mass is 32.2. The molecule has 0 heterocycles. The molecule has 0 fully saturated rings. The van der Waals surface area contributed by atoms with Gasteiger partial charge in [-0.15, -0.1) is 0 Å². The van der Waals surface area contributed by atoms with Crippen molar-refractivity contribution in [1.29, 1.82) is 0 Å². The van der Waals surface area contributed by atoms with Gasteiger partial charge in [-0.3, -0.25) is 0 Å². The van der Waals surface area contributed by atoms with Gasteiger partial charge in [0.2, 0.25) is 10.0 Å². The van der Waals surface area contributed by atoms with Crippen LogP contribution in [0.4, 0.5) is 13.2 Å². The predicted molar refractivity (Wildman–Crippen MR) is 76.8 cm³/mol. The molecule has 8 heteroatoms. The molecule has 0 bridgehead atoms. The van der Waals surface area contributed by atoms with Gasteiger partial charge in [-0.25, -0.2) is 13.1 Å². The minimum Gasteiger partial charge on any atom is -0.481 e. The first-order valence-electron chi connectivity index (χ1n) is 6.37. The molecule has 4 nitrogen and oxygen atoms in total. The van der Waals surface area contributed by atoms with Crippen LogP contribution in [0.3, 0.4) is 0 Å². The van der Waals surface area contributed by atoms with E-state index in [2.05, 4.69) is 16.6 Å². The lowest BCUT2D eigenvalue weighted by molar-refractivity contribution is -0.137. The van der Waals surface area contributed by atoms with E-state index in [4.69, 9.17) is 4.74 Å². The average molecular weight is 335 g/mol. The van der Waals surface area contributed by atoms with Crippen LogP contribution in [-0.4, -0.2) is 26.8 Å². The van der Waals surface area contributed by atoms with Gasteiger partial charge < -0.3 is 4.74 Å². The third kappa shape index (κ3) is 5.95. The van der Waals surface area contributed by atoms with Gasteiger partial charge in [0.25, 0.3) is 0 Å². The Kier molecular flexibility index (Phi) is 6.26. The predicted octanol–water partition coefficient (Wildman–Crippen LogP) is 2.42. The van der Waals surface area contributed by atoms with E-state index in [1.807, 2.05) is 0 Å². The van der Waals surface area contributed by atoms with Crippen molar-refractivity contribution in [3.8, 4) is 17.6 Å². The van der Waals surface area contributed by atoms with E-state index in [9.17, 15) is 21.6 Å². The van der Waals surface area contributed by atoms with Crippen LogP contribution in [0.1, 0.15) is 19.4 Å². The van der Waals surface area contributed by atoms with Crippen LogP contribution in [0, 0.1) is 11.8 Å². The zero-order valence-electron chi connectivity index (χ0n) is 12.1. The summed E-state index contributed by atoms with van der Waals surface area (Å²) in [5, 5.41) is -0.560. The summed E-state index contributed by atoms with van der Waals surface area (Å²) in [7, 11) is -3.38. The highest BCUT2D eigenvalue weighted by Gasteiger charge is 2.30. The normalized spacial score (nSPS) is 11.9. The van der Waals surface area contributed by atoms with Crippen molar-refractivity contribution in [2.45, 2.75) is 25.3 Å². The minimum atomic E-state index is -4.43. The molecule has 1 rings (SSSR count). The second-order valence-corrected chi connectivity index (χ2v) is 6.90. The monoisotopic (exact) mass is 335 g/mol. The van der Waals surface area contributed by atoms with Gasteiger partial charge in [0, 0.05) is 0 Å². The Morgan fingerprint density at radius 2 is 1.95 bits per heavy atom. The topological polar surface area (TPSA) is 55.4 Å². The molecular formula is C14H16F3NO3S. The molecule has 0 saturated carbocycles. The van der Waals surface area contributed by atoms with E-state index < -0.39 is 27.0 Å². The largest absolute Gasteiger partial charge is 0.481 e. The molecule has 1 N–H and O–H groups in total. The molecular weight excluding hydrogens is 319 g/mol. The lowest BCUT2D eigenvalue weighted by atomic mass is 10.2. The molecule has 0 atom stereocenters. The van der Waals surface area contributed by atoms with Gasteiger partial charge in [0.15, 0.2) is 0 Å². The second kappa shape index (κ2) is 7.51. The summed E-state index contributed by atoms with van der Waals surface area (Å²) in [6.45, 7) is 2.86. The molecule has 0 aromatic heterocycles. The van der Waals surface area contributed by atoms with Crippen LogP contribution in [-0.2, 0) is 16.2 Å². The number of sulfonamides is 1. The van der Waals surface area contributed by atoms with E-state index in [0.29, 0.717) is 0 Å². The Morgan fingerprint density at radius 3 is 2.55 bits per heavy atom. The Morgan fingerprint density at radius 1 is 1.27 bits per heavy atom. The summed E-state index contributed by atoms with van der Waals surface area (Å²) >= 11 is 0. The molecule has 0 aliphatic heterocycles. The molecule has 0 aliphatic rings. The Labute approximate surface area is 127 Å². The van der Waals surface area contributed by atoms with Crippen LogP contribution in [0.25, 0.3) is 0 Å². The Bertz CT molecular complexity index is 658. The highest BCUT2D eigenvalue weighted by molar-refractivity contribution is 7.90. The minimum absolute atomic E-state index is 0.0480. The molecule has 0 saturated heterocycles. The quantitative estimate of drug-likeness (QED) is 0.841. The fourth-order valence-corrected chi connectivity index (χ4v) is 1.91. The summed E-state index contributed by atoms with van der Waals surface area (Å²) in [5.41, 5.74) is -0.803. The van der Waals surface area contributed by atoms with Gasteiger partial charge in [-0.2, -0.15) is 13.2 Å². The van der Waals surface area contributed by atoms with E-state index in [0.717, 1.165) is 12.1 Å². The first-order chi connectivity index (χ1) is 10.1. The van der Waals surface area contributed by atoms with E-state index >= 15 is 0 Å². The lowest BCUT2D eigenvalue weighted by Crippen LogP contribution is -2.31. The SMILES string of the molecule is CC(C)S(=O)(=O)NCC#CCOc1cccc(C(F)(F)F)c1. The fraction of sp³-hybridized carbons (Fsp3) is 0.429. The van der Waals surface area contributed by atoms with Crippen LogP contribution in [0.5, 0.6) is 5.75 Å². The van der Waals surface area contributed by atoms with Gasteiger partial charge in [0.05, 0.1) is 17.4 Å². The third-order valence-electron chi connectivity index (χ3n) is 2.58. The number of rotatable bonds is 5. The summed E-state index contributed by atoms with van der Waals surface area (Å²) in [4.78, 5) is 0. The van der Waals surface area contributed by atoms with E-state index in [1.54, 1.807) is 0 Å². The Hall–Kier alpha value is -1.72. The maximum atomic E-state index is 12.5. The Balaban J connectivity index is 2.48. The average Bonchev–Trinajstić information content (AvgIpc) is 2.42. The molecule has 0 amide bonds. The van der Waals surface area contributed by atoms with Crippen molar-refractivity contribution in [3.63, 3.8) is 0 Å². The van der Waals surface area contributed by atoms with Crippen LogP contribution in [0.2, 0.25) is 0 Å². The molecule has 0 aliphatic carbocycles. The molecule has 22 heavy (non-hydrogen) atoms. The van der Waals surface area contributed by atoms with Crippen molar-refractivity contribution in [2.75, 3.05) is 13.2 Å². The number of benzene rings is 1. The zero-order chi connectivity index (χ0) is 16.8. The van der Waals surface area contributed by atoms with Crippen molar-refractivity contribution in [1.82, 2.24) is 4.72 Å². The number of alkyl halides is 3. The number of nitrogens with one attached hydrogen (secondary N) is 1. The maximum Gasteiger partial charge on any atom is 0.416 e. The van der Waals surface area contributed by atoms with Crippen molar-refractivity contribution >= 4 is 10.0 Å². The van der Waals surface area contributed by atoms with Crippen molar-refractivity contribution < 1.29 is 26.3 Å². The summed E-state index contributed by atoms with van der Waals surface area (Å²) < 4.78 is 67.6. The third-order valence-corrected chi connectivity index (χ3v) is 4.37. The van der Waals surface area contributed by atoms with Crippen LogP contribution in [0.15, 0.2) is 24.3 Å². The lowest BCUT2D eigenvalue weighted by Gasteiger charge is -2.08. The molecule has 0 radical (unpaired) electrons. The van der Waals surface area contributed by atoms with Gasteiger partial charge in [0.1, 0.15) is 12.4 Å². The zero-order valence-corrected chi connectivity index (χ0v) is 12.9. The fourth-order valence-electron chi connectivity index (χ4n) is 1.30. The van der Waals surface area contributed by atoms with Crippen molar-refractivity contribution in [2.24, 2.45) is 0 Å². The molecule has 1 aromatic carbocycles. The summed E-state index contributed by atoms with van der Waals surface area (Å²) in [5.74, 6) is 5.10. The molecule has 1 aromatic rings. The summed E-state index contributed by atoms with van der Waals surface area (Å²) in [6.07, 6.45) is -4.43. The number of ether oxygens (including phenoxy) is 1. The molecule has 122 valence electrons. The second-order valence-electron chi connectivity index (χ2n) is 4.58. The maximum absolute atomic E-state index is 12.5. The van der Waals surface area contributed by atoms with Crippen molar-refractivity contribution in [3.05, 3.63) is 29.8 Å². The first-order valence-corrected chi connectivity index (χ1v) is 7.92. The highest BCUT2D eigenvalue weighted by Crippen LogP contribution is 2.31. The van der Waals surface area contributed by atoms with E-state index in [1.165, 1.54) is 26.0 Å². The van der Waals surface area contributed by atoms with E-state index in [-0.39, 0.29) is 18.9 Å². The van der Waals surface area contributed by atoms with Gasteiger partial charge in [-0.05, 0) is 32.0 Å². The van der Waals surface area contributed by atoms with Crippen LogP contribution < -0.4 is 9.46 Å². The number of hydrogen-bond donors (Lipinski definition) is 1. The molecule has 0 unspecified atom stereocenters. The summed E-state index contributed by atoms with van der Waals surface area (Å²) in [6, 6.07) is 4.45.